The van der Waals surface area contributed by atoms with Crippen molar-refractivity contribution in [2.45, 2.75) is 303 Å². The van der Waals surface area contributed by atoms with Crippen LogP contribution >= 0.6 is 0 Å². The molecule has 0 bridgehead atoms. The second-order valence-corrected chi connectivity index (χ2v) is 18.8. The van der Waals surface area contributed by atoms with Gasteiger partial charge < -0.3 is 14.2 Å². The van der Waals surface area contributed by atoms with Crippen LogP contribution in [-0.4, -0.2) is 37.2 Å². The predicted molar refractivity (Wildman–Crippen MR) is 275 cm³/mol. The largest absolute Gasteiger partial charge is 0.462 e. The van der Waals surface area contributed by atoms with E-state index >= 15 is 0 Å². The Labute approximate surface area is 397 Å². The third-order valence-electron chi connectivity index (χ3n) is 12.4. The van der Waals surface area contributed by atoms with Gasteiger partial charge in [0.05, 0.1) is 0 Å². The van der Waals surface area contributed by atoms with Gasteiger partial charge in [0.15, 0.2) is 6.10 Å². The van der Waals surface area contributed by atoms with Crippen LogP contribution in [0.25, 0.3) is 0 Å². The maximum absolute atomic E-state index is 12.8. The minimum absolute atomic E-state index is 0.0778. The van der Waals surface area contributed by atoms with Gasteiger partial charge in [0.1, 0.15) is 13.2 Å². The van der Waals surface area contributed by atoms with Crippen molar-refractivity contribution in [1.82, 2.24) is 0 Å². The van der Waals surface area contributed by atoms with Crippen LogP contribution in [0, 0.1) is 0 Å². The summed E-state index contributed by atoms with van der Waals surface area (Å²) in [6.45, 7) is 6.61. The predicted octanol–water partition coefficient (Wildman–Crippen LogP) is 18.5. The third-order valence-corrected chi connectivity index (χ3v) is 12.4. The van der Waals surface area contributed by atoms with Gasteiger partial charge in [-0.3, -0.25) is 14.4 Å². The van der Waals surface area contributed by atoms with Crippen molar-refractivity contribution < 1.29 is 28.6 Å². The highest BCUT2D eigenvalue weighted by atomic mass is 16.6. The monoisotopic (exact) mass is 899 g/mol. The van der Waals surface area contributed by atoms with E-state index < -0.39 is 6.10 Å². The number of allylic oxidation sites excluding steroid dienone is 6. The average Bonchev–Trinajstić information content (AvgIpc) is 3.29. The van der Waals surface area contributed by atoms with Crippen molar-refractivity contribution in [3.05, 3.63) is 36.5 Å². The first-order valence-corrected chi connectivity index (χ1v) is 28.0. The molecular weight excluding hydrogens is 793 g/mol. The quantitative estimate of drug-likeness (QED) is 0.0262. The van der Waals surface area contributed by atoms with E-state index in [0.717, 1.165) is 83.5 Å². The molecule has 0 saturated heterocycles. The standard InChI is InChI=1S/C58H106O6/c1-4-7-10-13-16-19-22-25-28-30-33-36-39-42-45-48-51-57(60)63-54-55(53-62-56(59)50-47-44-41-38-35-32-27-24-21-18-15-12-9-6-3)64-58(61)52-49-46-43-40-37-34-31-29-26-23-20-17-14-11-8-5-2/h15,18,24,27-28,30,55H,4-14,16-17,19-23,25-26,29,31-54H2,1-3H3/b18-15-,27-24-,30-28-. The molecule has 1 unspecified atom stereocenters. The van der Waals surface area contributed by atoms with Gasteiger partial charge in [0.25, 0.3) is 0 Å². The first kappa shape index (κ1) is 61.6. The van der Waals surface area contributed by atoms with Crippen LogP contribution in [-0.2, 0) is 28.6 Å². The number of hydrogen-bond acceptors (Lipinski definition) is 6. The lowest BCUT2D eigenvalue weighted by Crippen LogP contribution is -2.30. The highest BCUT2D eigenvalue weighted by molar-refractivity contribution is 5.71. The highest BCUT2D eigenvalue weighted by Gasteiger charge is 2.19. The van der Waals surface area contributed by atoms with Crippen molar-refractivity contribution in [3.63, 3.8) is 0 Å². The number of carbonyl (C=O) groups excluding carboxylic acids is 3. The topological polar surface area (TPSA) is 78.9 Å². The molecule has 0 spiro atoms. The normalized spacial score (nSPS) is 12.2. The Morgan fingerprint density at radius 3 is 0.922 bits per heavy atom. The van der Waals surface area contributed by atoms with Crippen LogP contribution in [0.15, 0.2) is 36.5 Å². The number of carbonyl (C=O) groups is 3. The fraction of sp³-hybridized carbons (Fsp3) is 0.845. The summed E-state index contributed by atoms with van der Waals surface area (Å²) >= 11 is 0. The Bertz CT molecular complexity index is 1080. The summed E-state index contributed by atoms with van der Waals surface area (Å²) < 4.78 is 16.8. The maximum Gasteiger partial charge on any atom is 0.306 e. The molecular formula is C58H106O6. The summed E-state index contributed by atoms with van der Waals surface area (Å²) in [6.07, 6.45) is 62.7. The van der Waals surface area contributed by atoms with Gasteiger partial charge in [0, 0.05) is 19.3 Å². The first-order valence-electron chi connectivity index (χ1n) is 28.0. The van der Waals surface area contributed by atoms with Crippen molar-refractivity contribution >= 4 is 17.9 Å². The van der Waals surface area contributed by atoms with Crippen molar-refractivity contribution in [3.8, 4) is 0 Å². The van der Waals surface area contributed by atoms with Crippen LogP contribution in [0.2, 0.25) is 0 Å². The van der Waals surface area contributed by atoms with Gasteiger partial charge in [-0.25, -0.2) is 0 Å². The fourth-order valence-electron chi connectivity index (χ4n) is 8.10. The molecule has 6 heteroatoms. The second kappa shape index (κ2) is 53.2. The van der Waals surface area contributed by atoms with Crippen LogP contribution in [0.5, 0.6) is 0 Å². The van der Waals surface area contributed by atoms with E-state index in [4.69, 9.17) is 14.2 Å². The molecule has 0 amide bonds. The van der Waals surface area contributed by atoms with Crippen molar-refractivity contribution in [1.29, 1.82) is 0 Å². The highest BCUT2D eigenvalue weighted by Crippen LogP contribution is 2.16. The summed E-state index contributed by atoms with van der Waals surface area (Å²) in [5.41, 5.74) is 0. The zero-order valence-electron chi connectivity index (χ0n) is 42.8. The Balaban J connectivity index is 4.37. The lowest BCUT2D eigenvalue weighted by atomic mass is 10.0. The molecule has 0 aromatic heterocycles. The van der Waals surface area contributed by atoms with Gasteiger partial charge in [0.2, 0.25) is 0 Å². The minimum Gasteiger partial charge on any atom is -0.462 e. The summed E-state index contributed by atoms with van der Waals surface area (Å²) in [7, 11) is 0. The lowest BCUT2D eigenvalue weighted by Gasteiger charge is -2.18. The van der Waals surface area contributed by atoms with Gasteiger partial charge in [-0.05, 0) is 70.6 Å². The molecule has 0 heterocycles. The molecule has 0 radical (unpaired) electrons. The van der Waals surface area contributed by atoms with E-state index in [-0.39, 0.29) is 31.1 Å². The molecule has 1 atom stereocenters. The summed E-state index contributed by atoms with van der Waals surface area (Å²) in [6, 6.07) is 0. The van der Waals surface area contributed by atoms with E-state index in [1.807, 2.05) is 0 Å². The molecule has 0 fully saturated rings. The SMILES string of the molecule is CCCC/C=C\C/C=C\CCCCCCCC(=O)OCC(COC(=O)CCCCCCC/C=C\CCCCCCCCC)OC(=O)CCCCCCCCCCCCCCCCCC. The maximum atomic E-state index is 12.8. The Kier molecular flexibility index (Phi) is 51.3. The number of unbranched alkanes of at least 4 members (excludes halogenated alkanes) is 34. The fourth-order valence-corrected chi connectivity index (χ4v) is 8.10. The van der Waals surface area contributed by atoms with Gasteiger partial charge >= 0.3 is 17.9 Å². The van der Waals surface area contributed by atoms with E-state index in [0.29, 0.717) is 19.3 Å². The van der Waals surface area contributed by atoms with E-state index in [2.05, 4.69) is 57.2 Å². The molecule has 0 aromatic rings. The van der Waals surface area contributed by atoms with Crippen LogP contribution in [0.3, 0.4) is 0 Å². The molecule has 0 rings (SSSR count). The molecule has 6 nitrogen and oxygen atoms in total. The summed E-state index contributed by atoms with van der Waals surface area (Å²) in [4.78, 5) is 38.1. The van der Waals surface area contributed by atoms with Gasteiger partial charge in [-0.15, -0.1) is 0 Å². The van der Waals surface area contributed by atoms with E-state index in [9.17, 15) is 14.4 Å². The van der Waals surface area contributed by atoms with Gasteiger partial charge in [-0.2, -0.15) is 0 Å². The zero-order chi connectivity index (χ0) is 46.5. The molecule has 0 aliphatic rings. The molecule has 0 saturated carbocycles. The average molecular weight is 899 g/mol. The van der Waals surface area contributed by atoms with Crippen LogP contribution in [0.4, 0.5) is 0 Å². The second-order valence-electron chi connectivity index (χ2n) is 18.8. The molecule has 0 aliphatic heterocycles. The van der Waals surface area contributed by atoms with Crippen LogP contribution in [0.1, 0.15) is 297 Å². The lowest BCUT2D eigenvalue weighted by molar-refractivity contribution is -0.167. The van der Waals surface area contributed by atoms with E-state index in [1.165, 1.54) is 173 Å². The van der Waals surface area contributed by atoms with Crippen molar-refractivity contribution in [2.24, 2.45) is 0 Å². The number of hydrogen-bond donors (Lipinski definition) is 0. The van der Waals surface area contributed by atoms with E-state index in [1.54, 1.807) is 0 Å². The number of ether oxygens (including phenoxy) is 3. The summed E-state index contributed by atoms with van der Waals surface area (Å²) in [5, 5.41) is 0. The third kappa shape index (κ3) is 50.6. The Morgan fingerprint density at radius 1 is 0.312 bits per heavy atom. The Morgan fingerprint density at radius 2 is 0.578 bits per heavy atom. The molecule has 0 aromatic carbocycles. The van der Waals surface area contributed by atoms with Crippen molar-refractivity contribution in [2.75, 3.05) is 13.2 Å². The van der Waals surface area contributed by atoms with Gasteiger partial charge in [-0.1, -0.05) is 243 Å². The molecule has 374 valence electrons. The minimum atomic E-state index is -0.778. The number of rotatable bonds is 51. The summed E-state index contributed by atoms with van der Waals surface area (Å²) in [5.74, 6) is -0.884. The zero-order valence-corrected chi connectivity index (χ0v) is 42.8. The first-order chi connectivity index (χ1) is 31.5. The van der Waals surface area contributed by atoms with Crippen LogP contribution < -0.4 is 0 Å². The Hall–Kier alpha value is -2.37. The molecule has 0 N–H and O–H groups in total. The molecule has 64 heavy (non-hydrogen) atoms. The smallest absolute Gasteiger partial charge is 0.306 e. The number of esters is 3. The molecule has 0 aliphatic carbocycles.